The van der Waals surface area contributed by atoms with Gasteiger partial charge in [0.15, 0.2) is 5.78 Å². The Morgan fingerprint density at radius 2 is 1.48 bits per heavy atom. The van der Waals surface area contributed by atoms with E-state index in [9.17, 15) is 4.79 Å². The smallest absolute Gasteiger partial charge is 0.193 e. The lowest BCUT2D eigenvalue weighted by Crippen LogP contribution is -2.02. The SMILES string of the molecule is CC(C)c1ccc(C(=O)c2cccc3ccccc23)cc1. The van der Waals surface area contributed by atoms with E-state index in [1.807, 2.05) is 66.7 Å². The normalized spacial score (nSPS) is 11.0. The average Bonchev–Trinajstić information content (AvgIpc) is 2.53. The Bertz CT molecular complexity index is 777. The van der Waals surface area contributed by atoms with Gasteiger partial charge in [0.25, 0.3) is 0 Å². The standard InChI is InChI=1S/C20H18O/c1-14(2)15-10-12-17(13-11-15)20(21)19-9-5-7-16-6-3-4-8-18(16)19/h3-14H,1-2H3. The van der Waals surface area contributed by atoms with Crippen molar-refractivity contribution in [3.63, 3.8) is 0 Å². The molecular formula is C20H18O. The third-order valence-corrected chi connectivity index (χ3v) is 3.87. The fourth-order valence-electron chi connectivity index (χ4n) is 2.60. The molecule has 3 aromatic rings. The summed E-state index contributed by atoms with van der Waals surface area (Å²) >= 11 is 0. The van der Waals surface area contributed by atoms with Crippen LogP contribution in [-0.2, 0) is 0 Å². The molecule has 0 amide bonds. The van der Waals surface area contributed by atoms with Crippen molar-refractivity contribution in [3.8, 4) is 0 Å². The quantitative estimate of drug-likeness (QED) is 0.600. The Morgan fingerprint density at radius 3 is 2.19 bits per heavy atom. The van der Waals surface area contributed by atoms with Crippen molar-refractivity contribution in [3.05, 3.63) is 83.4 Å². The van der Waals surface area contributed by atoms with Gasteiger partial charge in [-0.15, -0.1) is 0 Å². The van der Waals surface area contributed by atoms with Gasteiger partial charge >= 0.3 is 0 Å². The molecule has 104 valence electrons. The lowest BCUT2D eigenvalue weighted by Gasteiger charge is -2.08. The molecule has 1 heteroatoms. The molecule has 0 unspecified atom stereocenters. The van der Waals surface area contributed by atoms with Gasteiger partial charge in [-0.25, -0.2) is 0 Å². The van der Waals surface area contributed by atoms with Crippen molar-refractivity contribution in [1.82, 2.24) is 0 Å². The van der Waals surface area contributed by atoms with Gasteiger partial charge in [0.05, 0.1) is 0 Å². The molecule has 0 bridgehead atoms. The van der Waals surface area contributed by atoms with Gasteiger partial charge in [-0.3, -0.25) is 4.79 Å². The van der Waals surface area contributed by atoms with Gasteiger partial charge in [0, 0.05) is 11.1 Å². The van der Waals surface area contributed by atoms with Crippen LogP contribution in [0, 0.1) is 0 Å². The summed E-state index contributed by atoms with van der Waals surface area (Å²) in [6, 6.07) is 21.8. The Morgan fingerprint density at radius 1 is 0.810 bits per heavy atom. The molecule has 21 heavy (non-hydrogen) atoms. The van der Waals surface area contributed by atoms with E-state index in [0.717, 1.165) is 21.9 Å². The fourth-order valence-corrected chi connectivity index (χ4v) is 2.60. The molecule has 0 aliphatic rings. The highest BCUT2D eigenvalue weighted by atomic mass is 16.1. The first-order valence-electron chi connectivity index (χ1n) is 7.29. The second kappa shape index (κ2) is 5.53. The maximum atomic E-state index is 12.7. The first-order valence-corrected chi connectivity index (χ1v) is 7.29. The highest BCUT2D eigenvalue weighted by molar-refractivity contribution is 6.16. The summed E-state index contributed by atoms with van der Waals surface area (Å²) in [5, 5.41) is 2.11. The van der Waals surface area contributed by atoms with Crippen LogP contribution in [0.5, 0.6) is 0 Å². The number of hydrogen-bond donors (Lipinski definition) is 0. The maximum Gasteiger partial charge on any atom is 0.193 e. The Hall–Kier alpha value is -2.41. The second-order valence-electron chi connectivity index (χ2n) is 5.63. The predicted octanol–water partition coefficient (Wildman–Crippen LogP) is 5.19. The molecule has 0 aliphatic carbocycles. The van der Waals surface area contributed by atoms with Crippen LogP contribution >= 0.6 is 0 Å². The summed E-state index contributed by atoms with van der Waals surface area (Å²) < 4.78 is 0. The van der Waals surface area contributed by atoms with E-state index in [1.54, 1.807) is 0 Å². The molecule has 0 aromatic heterocycles. The van der Waals surface area contributed by atoms with Crippen molar-refractivity contribution in [2.24, 2.45) is 0 Å². The number of rotatable bonds is 3. The summed E-state index contributed by atoms with van der Waals surface area (Å²) in [4.78, 5) is 12.7. The summed E-state index contributed by atoms with van der Waals surface area (Å²) in [5.41, 5.74) is 2.77. The Balaban J connectivity index is 2.04. The van der Waals surface area contributed by atoms with E-state index in [-0.39, 0.29) is 5.78 Å². The number of benzene rings is 3. The summed E-state index contributed by atoms with van der Waals surface area (Å²) in [7, 11) is 0. The largest absolute Gasteiger partial charge is 0.289 e. The molecule has 0 radical (unpaired) electrons. The highest BCUT2D eigenvalue weighted by Gasteiger charge is 2.12. The van der Waals surface area contributed by atoms with Crippen molar-refractivity contribution < 1.29 is 4.79 Å². The zero-order valence-electron chi connectivity index (χ0n) is 12.3. The van der Waals surface area contributed by atoms with E-state index in [1.165, 1.54) is 5.56 Å². The molecular weight excluding hydrogens is 256 g/mol. The van der Waals surface area contributed by atoms with Crippen LogP contribution < -0.4 is 0 Å². The predicted molar refractivity (Wildman–Crippen MR) is 87.9 cm³/mol. The second-order valence-corrected chi connectivity index (χ2v) is 5.63. The number of hydrogen-bond acceptors (Lipinski definition) is 1. The van der Waals surface area contributed by atoms with Gasteiger partial charge < -0.3 is 0 Å². The van der Waals surface area contributed by atoms with Gasteiger partial charge in [-0.1, -0.05) is 80.6 Å². The van der Waals surface area contributed by atoms with Crippen LogP contribution in [0.2, 0.25) is 0 Å². The zero-order chi connectivity index (χ0) is 14.8. The van der Waals surface area contributed by atoms with E-state index >= 15 is 0 Å². The molecule has 0 saturated carbocycles. The summed E-state index contributed by atoms with van der Waals surface area (Å²) in [6.07, 6.45) is 0. The molecule has 3 aromatic carbocycles. The number of carbonyl (C=O) groups is 1. The number of ketones is 1. The molecule has 0 N–H and O–H groups in total. The van der Waals surface area contributed by atoms with Crippen LogP contribution in [0.1, 0.15) is 41.3 Å². The van der Waals surface area contributed by atoms with E-state index in [0.29, 0.717) is 5.92 Å². The minimum absolute atomic E-state index is 0.0853. The van der Waals surface area contributed by atoms with Crippen molar-refractivity contribution in [1.29, 1.82) is 0 Å². The monoisotopic (exact) mass is 274 g/mol. The van der Waals surface area contributed by atoms with Crippen LogP contribution in [0.25, 0.3) is 10.8 Å². The van der Waals surface area contributed by atoms with Gasteiger partial charge in [0.1, 0.15) is 0 Å². The topological polar surface area (TPSA) is 17.1 Å². The van der Waals surface area contributed by atoms with Crippen LogP contribution in [-0.4, -0.2) is 5.78 Å². The third-order valence-electron chi connectivity index (χ3n) is 3.87. The molecule has 0 atom stereocenters. The van der Waals surface area contributed by atoms with Crippen LogP contribution in [0.15, 0.2) is 66.7 Å². The van der Waals surface area contributed by atoms with E-state index < -0.39 is 0 Å². The van der Waals surface area contributed by atoms with Crippen molar-refractivity contribution >= 4 is 16.6 Å². The average molecular weight is 274 g/mol. The highest BCUT2D eigenvalue weighted by Crippen LogP contribution is 2.22. The van der Waals surface area contributed by atoms with Gasteiger partial charge in [0.2, 0.25) is 0 Å². The number of fused-ring (bicyclic) bond motifs is 1. The summed E-state index contributed by atoms with van der Waals surface area (Å²) in [6.45, 7) is 4.31. The Labute approximate surface area is 125 Å². The molecule has 3 rings (SSSR count). The molecule has 0 heterocycles. The van der Waals surface area contributed by atoms with Crippen molar-refractivity contribution in [2.75, 3.05) is 0 Å². The van der Waals surface area contributed by atoms with E-state index in [4.69, 9.17) is 0 Å². The minimum Gasteiger partial charge on any atom is -0.289 e. The van der Waals surface area contributed by atoms with Crippen LogP contribution in [0.3, 0.4) is 0 Å². The third kappa shape index (κ3) is 2.59. The first-order chi connectivity index (χ1) is 10.2. The van der Waals surface area contributed by atoms with Gasteiger partial charge in [-0.05, 0) is 22.3 Å². The van der Waals surface area contributed by atoms with Gasteiger partial charge in [-0.2, -0.15) is 0 Å². The molecule has 0 spiro atoms. The molecule has 0 aliphatic heterocycles. The minimum atomic E-state index is 0.0853. The van der Waals surface area contributed by atoms with E-state index in [2.05, 4.69) is 13.8 Å². The first kappa shape index (κ1) is 13.6. The zero-order valence-corrected chi connectivity index (χ0v) is 12.3. The molecule has 0 fully saturated rings. The van der Waals surface area contributed by atoms with Crippen LogP contribution in [0.4, 0.5) is 0 Å². The molecule has 1 nitrogen and oxygen atoms in total. The summed E-state index contributed by atoms with van der Waals surface area (Å²) in [5.74, 6) is 0.564. The number of carbonyl (C=O) groups excluding carboxylic acids is 1. The lowest BCUT2D eigenvalue weighted by atomic mass is 9.95. The van der Waals surface area contributed by atoms with Crippen molar-refractivity contribution in [2.45, 2.75) is 19.8 Å². The lowest BCUT2D eigenvalue weighted by molar-refractivity contribution is 0.104. The Kier molecular flexibility index (Phi) is 3.57. The molecule has 0 saturated heterocycles. The fraction of sp³-hybridized carbons (Fsp3) is 0.150. The maximum absolute atomic E-state index is 12.7.